The number of aromatic nitrogens is 2. The van der Waals surface area contributed by atoms with Crippen LogP contribution in [0.1, 0.15) is 33.1 Å². The van der Waals surface area contributed by atoms with Crippen molar-refractivity contribution in [1.29, 1.82) is 0 Å². The fourth-order valence-corrected chi connectivity index (χ4v) is 5.95. The van der Waals surface area contributed by atoms with E-state index in [0.717, 1.165) is 22.4 Å². The van der Waals surface area contributed by atoms with Crippen LogP contribution in [0.15, 0.2) is 45.7 Å². The summed E-state index contributed by atoms with van der Waals surface area (Å²) in [5, 5.41) is 6.40. The molecule has 0 bridgehead atoms. The van der Waals surface area contributed by atoms with Gasteiger partial charge in [-0.1, -0.05) is 68.8 Å². The normalized spacial score (nSPS) is 21.6. The van der Waals surface area contributed by atoms with Gasteiger partial charge in [-0.25, -0.2) is 4.98 Å². The zero-order valence-electron chi connectivity index (χ0n) is 17.6. The summed E-state index contributed by atoms with van der Waals surface area (Å²) in [6.07, 6.45) is 3.45. The van der Waals surface area contributed by atoms with Gasteiger partial charge in [0.25, 0.3) is 5.56 Å². The molecule has 7 heteroatoms. The fraction of sp³-hybridized carbons (Fsp3) is 0.435. The molecule has 0 saturated heterocycles. The topological polar surface area (TPSA) is 64.0 Å². The molecule has 0 aliphatic heterocycles. The molecular formula is C23H27N3O2S2. The van der Waals surface area contributed by atoms with E-state index in [1.807, 2.05) is 35.7 Å². The van der Waals surface area contributed by atoms with E-state index in [2.05, 4.69) is 19.2 Å². The molecule has 30 heavy (non-hydrogen) atoms. The van der Waals surface area contributed by atoms with E-state index in [-0.39, 0.29) is 23.3 Å². The summed E-state index contributed by atoms with van der Waals surface area (Å²) in [6.45, 7) is 4.49. The van der Waals surface area contributed by atoms with Gasteiger partial charge in [-0.05, 0) is 23.8 Å². The minimum Gasteiger partial charge on any atom is -0.352 e. The van der Waals surface area contributed by atoms with E-state index >= 15 is 0 Å². The molecule has 2 aromatic heterocycles. The summed E-state index contributed by atoms with van der Waals surface area (Å²) in [5.74, 6) is 1.41. The van der Waals surface area contributed by atoms with Crippen LogP contribution in [-0.2, 0) is 11.8 Å². The highest BCUT2D eigenvalue weighted by atomic mass is 32.2. The van der Waals surface area contributed by atoms with Crippen LogP contribution in [-0.4, -0.2) is 27.3 Å². The number of benzene rings is 1. The quantitative estimate of drug-likeness (QED) is 0.461. The molecule has 1 saturated carbocycles. The summed E-state index contributed by atoms with van der Waals surface area (Å²) in [5.41, 5.74) is 1.86. The van der Waals surface area contributed by atoms with Crippen LogP contribution in [0.25, 0.3) is 21.3 Å². The Balaban J connectivity index is 1.51. The Morgan fingerprint density at radius 1 is 1.27 bits per heavy atom. The Morgan fingerprint density at radius 3 is 2.80 bits per heavy atom. The molecular weight excluding hydrogens is 414 g/mol. The summed E-state index contributed by atoms with van der Waals surface area (Å²) < 4.78 is 1.56. The molecule has 2 heterocycles. The molecule has 1 amide bonds. The van der Waals surface area contributed by atoms with Crippen LogP contribution in [0.3, 0.4) is 0 Å². The second-order valence-electron chi connectivity index (χ2n) is 8.18. The maximum absolute atomic E-state index is 13.1. The maximum Gasteiger partial charge on any atom is 0.263 e. The highest BCUT2D eigenvalue weighted by molar-refractivity contribution is 7.99. The van der Waals surface area contributed by atoms with Crippen molar-refractivity contribution in [2.45, 2.75) is 44.3 Å². The molecule has 0 spiro atoms. The largest absolute Gasteiger partial charge is 0.352 e. The van der Waals surface area contributed by atoms with E-state index in [1.54, 1.807) is 11.6 Å². The summed E-state index contributed by atoms with van der Waals surface area (Å²) in [7, 11) is 1.73. The number of fused-ring (bicyclic) bond motifs is 1. The maximum atomic E-state index is 13.1. The second-order valence-corrected chi connectivity index (χ2v) is 9.98. The van der Waals surface area contributed by atoms with Gasteiger partial charge in [0.2, 0.25) is 5.91 Å². The van der Waals surface area contributed by atoms with Crippen LogP contribution in [0, 0.1) is 11.8 Å². The van der Waals surface area contributed by atoms with Crippen molar-refractivity contribution in [1.82, 2.24) is 14.9 Å². The van der Waals surface area contributed by atoms with E-state index in [9.17, 15) is 9.59 Å². The average Bonchev–Trinajstić information content (AvgIpc) is 3.17. The van der Waals surface area contributed by atoms with Gasteiger partial charge in [0.15, 0.2) is 5.16 Å². The Morgan fingerprint density at radius 2 is 2.03 bits per heavy atom. The van der Waals surface area contributed by atoms with Crippen LogP contribution >= 0.6 is 23.1 Å². The molecule has 3 aromatic rings. The number of thiophene rings is 1. The van der Waals surface area contributed by atoms with Gasteiger partial charge in [0, 0.05) is 24.0 Å². The number of hydrogen-bond donors (Lipinski definition) is 1. The molecule has 1 aliphatic rings. The average molecular weight is 442 g/mol. The monoisotopic (exact) mass is 441 g/mol. The number of carbonyl (C=O) groups excluding carboxylic acids is 1. The standard InChI is InChI=1S/C23H27N3O2S2/c1-14-8-7-11-18(15(14)2)24-19(27)13-30-23-25-21-20(22(28)26(23)3)17(12-29-21)16-9-5-4-6-10-16/h4-6,9-10,12,14-15,18H,7-8,11,13H2,1-3H3,(H,24,27). The summed E-state index contributed by atoms with van der Waals surface area (Å²) >= 11 is 2.80. The van der Waals surface area contributed by atoms with Crippen LogP contribution < -0.4 is 10.9 Å². The Labute approximate surface area is 184 Å². The number of nitrogens with zero attached hydrogens (tertiary/aromatic N) is 2. The van der Waals surface area contributed by atoms with Crippen molar-refractivity contribution in [2.24, 2.45) is 18.9 Å². The zero-order valence-corrected chi connectivity index (χ0v) is 19.2. The van der Waals surface area contributed by atoms with Gasteiger partial charge >= 0.3 is 0 Å². The lowest BCUT2D eigenvalue weighted by atomic mass is 9.78. The molecule has 5 nitrogen and oxygen atoms in total. The lowest BCUT2D eigenvalue weighted by Crippen LogP contribution is -2.44. The predicted molar refractivity (Wildman–Crippen MR) is 125 cm³/mol. The van der Waals surface area contributed by atoms with Gasteiger partial charge in [0.05, 0.1) is 11.1 Å². The van der Waals surface area contributed by atoms with Gasteiger partial charge in [0.1, 0.15) is 4.83 Å². The van der Waals surface area contributed by atoms with Gasteiger partial charge < -0.3 is 5.32 Å². The Hall–Kier alpha value is -2.12. The van der Waals surface area contributed by atoms with Crippen LogP contribution in [0.5, 0.6) is 0 Å². The first-order valence-corrected chi connectivity index (χ1v) is 12.3. The first kappa shape index (κ1) is 21.1. The lowest BCUT2D eigenvalue weighted by Gasteiger charge is -2.34. The molecule has 1 aromatic carbocycles. The number of amides is 1. The van der Waals surface area contributed by atoms with Crippen molar-refractivity contribution in [3.8, 4) is 11.1 Å². The number of thioether (sulfide) groups is 1. The first-order chi connectivity index (χ1) is 14.5. The first-order valence-electron chi connectivity index (χ1n) is 10.4. The summed E-state index contributed by atoms with van der Waals surface area (Å²) in [4.78, 5) is 31.0. The van der Waals surface area contributed by atoms with E-state index in [4.69, 9.17) is 4.98 Å². The molecule has 3 unspecified atom stereocenters. The molecule has 4 rings (SSSR count). The molecule has 1 N–H and O–H groups in total. The third-order valence-electron chi connectivity index (χ3n) is 6.24. The molecule has 1 fully saturated rings. The van der Waals surface area contributed by atoms with Crippen molar-refractivity contribution in [3.05, 3.63) is 46.1 Å². The lowest BCUT2D eigenvalue weighted by molar-refractivity contribution is -0.120. The number of carbonyl (C=O) groups is 1. The third-order valence-corrected chi connectivity index (χ3v) is 8.15. The smallest absolute Gasteiger partial charge is 0.263 e. The second kappa shape index (κ2) is 8.94. The number of rotatable bonds is 5. The number of nitrogens with one attached hydrogen (secondary N) is 1. The highest BCUT2D eigenvalue weighted by Crippen LogP contribution is 2.32. The predicted octanol–water partition coefficient (Wildman–Crippen LogP) is 4.70. The van der Waals surface area contributed by atoms with E-state index in [0.29, 0.717) is 22.4 Å². The Bertz CT molecular complexity index is 1110. The van der Waals surface area contributed by atoms with Crippen molar-refractivity contribution in [2.75, 3.05) is 5.75 Å². The Kier molecular flexibility index (Phi) is 6.29. The van der Waals surface area contributed by atoms with Crippen LogP contribution in [0.4, 0.5) is 0 Å². The van der Waals surface area contributed by atoms with E-state index in [1.165, 1.54) is 35.9 Å². The van der Waals surface area contributed by atoms with Crippen molar-refractivity contribution >= 4 is 39.2 Å². The van der Waals surface area contributed by atoms with Crippen LogP contribution in [0.2, 0.25) is 0 Å². The fourth-order valence-electron chi connectivity index (χ4n) is 4.18. The van der Waals surface area contributed by atoms with Crippen molar-refractivity contribution < 1.29 is 4.79 Å². The molecule has 1 aliphatic carbocycles. The zero-order chi connectivity index (χ0) is 21.3. The highest BCUT2D eigenvalue weighted by Gasteiger charge is 2.28. The third kappa shape index (κ3) is 4.18. The molecule has 158 valence electrons. The minimum absolute atomic E-state index is 0.0106. The van der Waals surface area contributed by atoms with E-state index < -0.39 is 0 Å². The van der Waals surface area contributed by atoms with Crippen molar-refractivity contribution in [3.63, 3.8) is 0 Å². The molecule has 0 radical (unpaired) electrons. The SMILES string of the molecule is CC1CCCC(NC(=O)CSc2nc3scc(-c4ccccc4)c3c(=O)n2C)C1C. The van der Waals surface area contributed by atoms with Gasteiger partial charge in [-0.15, -0.1) is 11.3 Å². The van der Waals surface area contributed by atoms with Gasteiger partial charge in [-0.3, -0.25) is 14.2 Å². The summed E-state index contributed by atoms with van der Waals surface area (Å²) in [6, 6.07) is 10.1. The minimum atomic E-state index is -0.0715. The van der Waals surface area contributed by atoms with Gasteiger partial charge in [-0.2, -0.15) is 0 Å². The number of hydrogen-bond acceptors (Lipinski definition) is 5. The molecule has 3 atom stereocenters.